The molecule has 0 spiro atoms. The summed E-state index contributed by atoms with van der Waals surface area (Å²) < 4.78 is 0. The highest BCUT2D eigenvalue weighted by Gasteiger charge is 2.25. The molecule has 0 aliphatic carbocycles. The van der Waals surface area contributed by atoms with Crippen LogP contribution in [0.2, 0.25) is 0 Å². The van der Waals surface area contributed by atoms with Gasteiger partial charge in [0.1, 0.15) is 0 Å². The number of unbranched alkanes of at least 4 members (excludes halogenated alkanes) is 2. The van der Waals surface area contributed by atoms with Gasteiger partial charge in [-0.1, -0.05) is 80.4 Å². The van der Waals surface area contributed by atoms with E-state index in [1.54, 1.807) is 0 Å². The molecule has 0 saturated carbocycles. The molecule has 1 heterocycles. The fraction of sp³-hybridized carbons (Fsp3) is 0.455. The highest BCUT2D eigenvalue weighted by molar-refractivity contribution is 5.31. The van der Waals surface area contributed by atoms with Gasteiger partial charge < -0.3 is 4.90 Å². The van der Waals surface area contributed by atoms with Crippen LogP contribution in [0.15, 0.2) is 60.7 Å². The largest absolute Gasteiger partial charge is 0.301 e. The third kappa shape index (κ3) is 4.46. The van der Waals surface area contributed by atoms with Crippen molar-refractivity contribution in [1.82, 2.24) is 9.80 Å². The zero-order chi connectivity index (χ0) is 16.6. The average molecular weight is 322 g/mol. The van der Waals surface area contributed by atoms with Crippen LogP contribution >= 0.6 is 0 Å². The monoisotopic (exact) mass is 322 g/mol. The van der Waals surface area contributed by atoms with E-state index in [2.05, 4.69) is 77.4 Å². The smallest absolute Gasteiger partial charge is 0.0602 e. The molecule has 2 aromatic carbocycles. The zero-order valence-electron chi connectivity index (χ0n) is 14.9. The summed E-state index contributed by atoms with van der Waals surface area (Å²) >= 11 is 0. The Morgan fingerprint density at radius 1 is 0.750 bits per heavy atom. The van der Waals surface area contributed by atoms with Crippen molar-refractivity contribution in [1.29, 1.82) is 0 Å². The maximum absolute atomic E-state index is 2.65. The molecule has 0 atom stereocenters. The Hall–Kier alpha value is -1.64. The molecule has 0 amide bonds. The summed E-state index contributed by atoms with van der Waals surface area (Å²) in [5.74, 6) is 0. The fourth-order valence-corrected chi connectivity index (χ4v) is 3.72. The topological polar surface area (TPSA) is 6.48 Å². The minimum absolute atomic E-state index is 0.380. The Morgan fingerprint density at radius 2 is 1.29 bits per heavy atom. The van der Waals surface area contributed by atoms with E-state index in [1.807, 2.05) is 0 Å². The molecule has 1 fully saturated rings. The number of hydrogen-bond donors (Lipinski definition) is 0. The van der Waals surface area contributed by atoms with Crippen LogP contribution in [0.1, 0.15) is 43.4 Å². The molecule has 2 nitrogen and oxygen atoms in total. The van der Waals surface area contributed by atoms with E-state index in [-0.39, 0.29) is 0 Å². The van der Waals surface area contributed by atoms with Gasteiger partial charge in [-0.3, -0.25) is 4.90 Å². The van der Waals surface area contributed by atoms with Crippen molar-refractivity contribution in [2.24, 2.45) is 0 Å². The summed E-state index contributed by atoms with van der Waals surface area (Å²) in [5.41, 5.74) is 2.81. The van der Waals surface area contributed by atoms with E-state index in [4.69, 9.17) is 0 Å². The first-order valence-electron chi connectivity index (χ1n) is 9.45. The van der Waals surface area contributed by atoms with Crippen LogP contribution in [0.3, 0.4) is 0 Å². The SMILES string of the molecule is CCCCCN1CCN(C(c2ccccc2)c2ccccc2)CC1. The van der Waals surface area contributed by atoms with Gasteiger partial charge in [-0.2, -0.15) is 0 Å². The molecule has 1 aliphatic rings. The van der Waals surface area contributed by atoms with Crippen LogP contribution in [0.5, 0.6) is 0 Å². The van der Waals surface area contributed by atoms with E-state index in [0.717, 1.165) is 13.1 Å². The summed E-state index contributed by atoms with van der Waals surface area (Å²) in [6.45, 7) is 8.24. The molecule has 3 rings (SSSR count). The first-order chi connectivity index (χ1) is 11.9. The molecule has 1 aliphatic heterocycles. The zero-order valence-corrected chi connectivity index (χ0v) is 14.9. The standard InChI is InChI=1S/C22H30N2/c1-2-3-10-15-23-16-18-24(19-17-23)22(20-11-6-4-7-12-20)21-13-8-5-9-14-21/h4-9,11-14,22H,2-3,10,15-19H2,1H3. The molecule has 0 N–H and O–H groups in total. The molecule has 2 heteroatoms. The van der Waals surface area contributed by atoms with Crippen LogP contribution < -0.4 is 0 Å². The fourth-order valence-electron chi connectivity index (χ4n) is 3.72. The molecule has 2 aromatic rings. The van der Waals surface area contributed by atoms with Crippen molar-refractivity contribution in [3.8, 4) is 0 Å². The first-order valence-corrected chi connectivity index (χ1v) is 9.45. The summed E-state index contributed by atoms with van der Waals surface area (Å²) in [7, 11) is 0. The van der Waals surface area contributed by atoms with Crippen molar-refractivity contribution in [2.75, 3.05) is 32.7 Å². The van der Waals surface area contributed by atoms with Gasteiger partial charge in [-0.15, -0.1) is 0 Å². The number of nitrogens with zero attached hydrogens (tertiary/aromatic N) is 2. The highest BCUT2D eigenvalue weighted by atomic mass is 15.3. The lowest BCUT2D eigenvalue weighted by Crippen LogP contribution is -2.48. The average Bonchev–Trinajstić information content (AvgIpc) is 2.65. The number of hydrogen-bond acceptors (Lipinski definition) is 2. The van der Waals surface area contributed by atoms with Crippen molar-refractivity contribution >= 4 is 0 Å². The van der Waals surface area contributed by atoms with Gasteiger partial charge in [-0.05, 0) is 24.1 Å². The molecular weight excluding hydrogens is 292 g/mol. The Labute approximate surface area is 147 Å². The van der Waals surface area contributed by atoms with Crippen LogP contribution in [-0.4, -0.2) is 42.5 Å². The second-order valence-electron chi connectivity index (χ2n) is 6.81. The molecular formula is C22H30N2. The lowest BCUT2D eigenvalue weighted by Gasteiger charge is -2.39. The normalized spacial score (nSPS) is 16.6. The summed E-state index contributed by atoms with van der Waals surface area (Å²) in [4.78, 5) is 5.29. The number of piperazine rings is 1. The second kappa shape index (κ2) is 9.00. The van der Waals surface area contributed by atoms with Crippen molar-refractivity contribution in [3.05, 3.63) is 71.8 Å². The van der Waals surface area contributed by atoms with Gasteiger partial charge >= 0.3 is 0 Å². The Balaban J connectivity index is 1.69. The molecule has 0 bridgehead atoms. The summed E-state index contributed by atoms with van der Waals surface area (Å²) in [6, 6.07) is 22.3. The van der Waals surface area contributed by atoms with Gasteiger partial charge in [0.25, 0.3) is 0 Å². The Bertz CT molecular complexity index is 534. The van der Waals surface area contributed by atoms with Gasteiger partial charge in [-0.25, -0.2) is 0 Å². The van der Waals surface area contributed by atoms with Crippen molar-refractivity contribution < 1.29 is 0 Å². The van der Waals surface area contributed by atoms with E-state index >= 15 is 0 Å². The predicted molar refractivity (Wildman–Crippen MR) is 102 cm³/mol. The number of benzene rings is 2. The third-order valence-electron chi connectivity index (χ3n) is 5.08. The van der Waals surface area contributed by atoms with Crippen LogP contribution in [0.4, 0.5) is 0 Å². The van der Waals surface area contributed by atoms with Crippen LogP contribution in [0, 0.1) is 0 Å². The van der Waals surface area contributed by atoms with Crippen LogP contribution in [0.25, 0.3) is 0 Å². The lowest BCUT2D eigenvalue weighted by atomic mass is 9.96. The molecule has 24 heavy (non-hydrogen) atoms. The quantitative estimate of drug-likeness (QED) is 0.688. The van der Waals surface area contributed by atoms with Gasteiger partial charge in [0.05, 0.1) is 6.04 Å². The molecule has 1 saturated heterocycles. The second-order valence-corrected chi connectivity index (χ2v) is 6.81. The maximum Gasteiger partial charge on any atom is 0.0602 e. The lowest BCUT2D eigenvalue weighted by molar-refractivity contribution is 0.108. The first kappa shape index (κ1) is 17.2. The van der Waals surface area contributed by atoms with E-state index in [0.29, 0.717) is 6.04 Å². The molecule has 0 unspecified atom stereocenters. The van der Waals surface area contributed by atoms with Crippen LogP contribution in [-0.2, 0) is 0 Å². The molecule has 0 radical (unpaired) electrons. The minimum Gasteiger partial charge on any atom is -0.301 e. The maximum atomic E-state index is 2.65. The summed E-state index contributed by atoms with van der Waals surface area (Å²) in [6.07, 6.45) is 4.01. The van der Waals surface area contributed by atoms with E-state index in [9.17, 15) is 0 Å². The third-order valence-corrected chi connectivity index (χ3v) is 5.08. The van der Waals surface area contributed by atoms with Gasteiger partial charge in [0.15, 0.2) is 0 Å². The van der Waals surface area contributed by atoms with Crippen molar-refractivity contribution in [3.63, 3.8) is 0 Å². The predicted octanol–water partition coefficient (Wildman–Crippen LogP) is 4.58. The molecule has 0 aromatic heterocycles. The molecule has 128 valence electrons. The Kier molecular flexibility index (Phi) is 6.45. The minimum atomic E-state index is 0.380. The van der Waals surface area contributed by atoms with E-state index in [1.165, 1.54) is 50.0 Å². The van der Waals surface area contributed by atoms with Gasteiger partial charge in [0, 0.05) is 26.2 Å². The van der Waals surface area contributed by atoms with Gasteiger partial charge in [0.2, 0.25) is 0 Å². The van der Waals surface area contributed by atoms with E-state index < -0.39 is 0 Å². The summed E-state index contributed by atoms with van der Waals surface area (Å²) in [5, 5.41) is 0. The Morgan fingerprint density at radius 3 is 1.79 bits per heavy atom. The number of rotatable bonds is 7. The van der Waals surface area contributed by atoms with Crippen molar-refractivity contribution in [2.45, 2.75) is 32.2 Å². The highest BCUT2D eigenvalue weighted by Crippen LogP contribution is 2.29.